The molecule has 0 saturated heterocycles. The number of aromatic nitrogens is 1. The van der Waals surface area contributed by atoms with E-state index >= 15 is 0 Å². The van der Waals surface area contributed by atoms with Gasteiger partial charge >= 0.3 is 0 Å². The molecule has 60 valence electrons. The van der Waals surface area contributed by atoms with Crippen LogP contribution in [0.2, 0.25) is 0 Å². The lowest BCUT2D eigenvalue weighted by atomic mass is 10.4. The van der Waals surface area contributed by atoms with E-state index in [0.29, 0.717) is 11.6 Å². The van der Waals surface area contributed by atoms with Crippen molar-refractivity contribution in [3.05, 3.63) is 15.8 Å². The highest BCUT2D eigenvalue weighted by molar-refractivity contribution is 14.1. The van der Waals surface area contributed by atoms with Crippen LogP contribution in [0, 0.1) is 3.57 Å². The molecule has 0 radical (unpaired) electrons. The quantitative estimate of drug-likeness (QED) is 0.763. The van der Waals surface area contributed by atoms with E-state index in [0.717, 1.165) is 3.57 Å². The van der Waals surface area contributed by atoms with E-state index < -0.39 is 0 Å². The molecule has 0 spiro atoms. The maximum absolute atomic E-state index is 5.07. The summed E-state index contributed by atoms with van der Waals surface area (Å²) in [6, 6.07) is 1.86. The number of pyridine rings is 1. The molecule has 0 N–H and O–H groups in total. The molecular formula is C7H8INO2. The summed E-state index contributed by atoms with van der Waals surface area (Å²) >= 11 is 2.16. The summed E-state index contributed by atoms with van der Waals surface area (Å²) in [5.74, 6) is 1.22. The Bertz CT molecular complexity index is 252. The van der Waals surface area contributed by atoms with E-state index in [4.69, 9.17) is 9.47 Å². The van der Waals surface area contributed by atoms with Gasteiger partial charge in [0.05, 0.1) is 17.8 Å². The van der Waals surface area contributed by atoms with Gasteiger partial charge in [-0.05, 0) is 28.7 Å². The van der Waals surface area contributed by atoms with Gasteiger partial charge in [-0.15, -0.1) is 0 Å². The zero-order valence-electron chi connectivity index (χ0n) is 6.30. The van der Waals surface area contributed by atoms with E-state index in [1.165, 1.54) is 0 Å². The van der Waals surface area contributed by atoms with E-state index in [1.807, 2.05) is 6.07 Å². The smallest absolute Gasteiger partial charge is 0.257 e. The number of ether oxygens (including phenoxy) is 2. The summed E-state index contributed by atoms with van der Waals surface area (Å²) in [7, 11) is 3.17. The van der Waals surface area contributed by atoms with Crippen LogP contribution in [0.5, 0.6) is 11.6 Å². The number of halogens is 1. The van der Waals surface area contributed by atoms with Gasteiger partial charge in [-0.2, -0.15) is 0 Å². The lowest BCUT2D eigenvalue weighted by Gasteiger charge is -2.06. The Balaban J connectivity index is 3.13. The second-order valence-corrected chi connectivity index (χ2v) is 3.00. The van der Waals surface area contributed by atoms with Crippen molar-refractivity contribution in [2.75, 3.05) is 14.2 Å². The lowest BCUT2D eigenvalue weighted by Crippen LogP contribution is -1.94. The average Bonchev–Trinajstić information content (AvgIpc) is 2.04. The topological polar surface area (TPSA) is 31.4 Å². The summed E-state index contributed by atoms with van der Waals surface area (Å²) in [6.45, 7) is 0. The molecule has 1 rings (SSSR count). The Morgan fingerprint density at radius 3 is 2.55 bits per heavy atom. The van der Waals surface area contributed by atoms with Crippen molar-refractivity contribution >= 4 is 22.6 Å². The van der Waals surface area contributed by atoms with Crippen LogP contribution in [0.15, 0.2) is 12.3 Å². The van der Waals surface area contributed by atoms with E-state index in [9.17, 15) is 0 Å². The van der Waals surface area contributed by atoms with Gasteiger partial charge in [-0.3, -0.25) is 0 Å². The molecule has 11 heavy (non-hydrogen) atoms. The molecule has 1 aromatic heterocycles. The van der Waals surface area contributed by atoms with Crippen LogP contribution in [-0.4, -0.2) is 19.2 Å². The van der Waals surface area contributed by atoms with Crippen molar-refractivity contribution in [2.24, 2.45) is 0 Å². The Labute approximate surface area is 78.9 Å². The van der Waals surface area contributed by atoms with Crippen LogP contribution < -0.4 is 9.47 Å². The number of nitrogens with zero attached hydrogens (tertiary/aromatic N) is 1. The van der Waals surface area contributed by atoms with Crippen LogP contribution in [0.25, 0.3) is 0 Å². The maximum atomic E-state index is 5.07. The third-order valence-corrected chi connectivity index (χ3v) is 2.07. The fraction of sp³-hybridized carbons (Fsp3) is 0.286. The first-order valence-corrected chi connectivity index (χ1v) is 4.10. The van der Waals surface area contributed by atoms with Crippen LogP contribution in [0.4, 0.5) is 0 Å². The van der Waals surface area contributed by atoms with Gasteiger partial charge in [0.15, 0.2) is 5.75 Å². The van der Waals surface area contributed by atoms with Gasteiger partial charge in [-0.25, -0.2) is 4.98 Å². The zero-order valence-corrected chi connectivity index (χ0v) is 8.45. The van der Waals surface area contributed by atoms with Gasteiger partial charge in [0.2, 0.25) is 0 Å². The largest absolute Gasteiger partial charge is 0.490 e. The van der Waals surface area contributed by atoms with Crippen molar-refractivity contribution in [3.8, 4) is 11.6 Å². The molecule has 1 heterocycles. The Kier molecular flexibility index (Phi) is 2.92. The molecule has 0 aliphatic carbocycles. The number of rotatable bonds is 2. The maximum Gasteiger partial charge on any atom is 0.257 e. The van der Waals surface area contributed by atoms with Crippen molar-refractivity contribution in [1.82, 2.24) is 4.98 Å². The van der Waals surface area contributed by atoms with Crippen molar-refractivity contribution in [3.63, 3.8) is 0 Å². The van der Waals surface area contributed by atoms with Crippen LogP contribution in [0.1, 0.15) is 0 Å². The minimum atomic E-state index is 0.527. The standard InChI is InChI=1S/C7H8INO2/c1-10-6-5(8)3-4-9-7(6)11-2/h3-4H,1-2H3. The minimum absolute atomic E-state index is 0.527. The second kappa shape index (κ2) is 3.75. The predicted octanol–water partition coefficient (Wildman–Crippen LogP) is 1.70. The summed E-state index contributed by atoms with van der Waals surface area (Å²) in [5.41, 5.74) is 0. The zero-order chi connectivity index (χ0) is 8.27. The molecule has 0 aromatic carbocycles. The number of hydrogen-bond donors (Lipinski definition) is 0. The van der Waals surface area contributed by atoms with Gasteiger partial charge in [0.25, 0.3) is 5.88 Å². The molecule has 0 bridgehead atoms. The molecular weight excluding hydrogens is 257 g/mol. The highest BCUT2D eigenvalue weighted by Crippen LogP contribution is 2.28. The average molecular weight is 265 g/mol. The lowest BCUT2D eigenvalue weighted by molar-refractivity contribution is 0.341. The number of hydrogen-bond acceptors (Lipinski definition) is 3. The fourth-order valence-corrected chi connectivity index (χ4v) is 1.35. The van der Waals surface area contributed by atoms with Gasteiger partial charge in [0, 0.05) is 6.20 Å². The van der Waals surface area contributed by atoms with Crippen LogP contribution in [0.3, 0.4) is 0 Å². The predicted molar refractivity (Wildman–Crippen MR) is 50.1 cm³/mol. The molecule has 0 aliphatic rings. The Hall–Kier alpha value is -0.520. The Morgan fingerprint density at radius 1 is 1.36 bits per heavy atom. The fourth-order valence-electron chi connectivity index (χ4n) is 0.737. The molecule has 0 atom stereocenters. The molecule has 1 aromatic rings. The first-order chi connectivity index (χ1) is 5.29. The number of methoxy groups -OCH3 is 2. The molecule has 0 unspecified atom stereocenters. The van der Waals surface area contributed by atoms with Gasteiger partial charge in [-0.1, -0.05) is 0 Å². The van der Waals surface area contributed by atoms with E-state index in [2.05, 4.69) is 27.6 Å². The SMILES string of the molecule is COc1nccc(I)c1OC. The summed E-state index contributed by atoms with van der Waals surface area (Å²) in [4.78, 5) is 3.98. The molecule has 0 amide bonds. The van der Waals surface area contributed by atoms with Gasteiger partial charge in [0.1, 0.15) is 0 Å². The van der Waals surface area contributed by atoms with Crippen molar-refractivity contribution < 1.29 is 9.47 Å². The third-order valence-electron chi connectivity index (χ3n) is 1.22. The van der Waals surface area contributed by atoms with Crippen LogP contribution in [-0.2, 0) is 0 Å². The third kappa shape index (κ3) is 1.74. The highest BCUT2D eigenvalue weighted by Gasteiger charge is 2.06. The molecule has 3 nitrogen and oxygen atoms in total. The van der Waals surface area contributed by atoms with E-state index in [-0.39, 0.29) is 0 Å². The summed E-state index contributed by atoms with van der Waals surface area (Å²) in [6.07, 6.45) is 1.68. The molecule has 0 aliphatic heterocycles. The minimum Gasteiger partial charge on any atom is -0.490 e. The highest BCUT2D eigenvalue weighted by atomic mass is 127. The van der Waals surface area contributed by atoms with Crippen molar-refractivity contribution in [2.45, 2.75) is 0 Å². The van der Waals surface area contributed by atoms with Gasteiger partial charge < -0.3 is 9.47 Å². The molecule has 0 saturated carbocycles. The monoisotopic (exact) mass is 265 g/mol. The first-order valence-electron chi connectivity index (χ1n) is 3.02. The Morgan fingerprint density at radius 2 is 2.09 bits per heavy atom. The second-order valence-electron chi connectivity index (χ2n) is 1.84. The molecule has 0 fully saturated rings. The summed E-state index contributed by atoms with van der Waals surface area (Å²) < 4.78 is 11.0. The molecule has 4 heteroatoms. The van der Waals surface area contributed by atoms with E-state index in [1.54, 1.807) is 20.4 Å². The first kappa shape index (κ1) is 8.58. The van der Waals surface area contributed by atoms with Crippen LogP contribution >= 0.6 is 22.6 Å². The normalized spacial score (nSPS) is 9.36. The summed E-state index contributed by atoms with van der Waals surface area (Å²) in [5, 5.41) is 0. The van der Waals surface area contributed by atoms with Crippen molar-refractivity contribution in [1.29, 1.82) is 0 Å².